The fourth-order valence-corrected chi connectivity index (χ4v) is 3.06. The zero-order valence-corrected chi connectivity index (χ0v) is 12.0. The Morgan fingerprint density at radius 1 is 0.952 bits per heavy atom. The molecule has 0 saturated heterocycles. The Morgan fingerprint density at radius 3 is 2.43 bits per heavy atom. The molecule has 1 heterocycles. The molecule has 0 saturated carbocycles. The summed E-state index contributed by atoms with van der Waals surface area (Å²) >= 11 is 1.25. The second kappa shape index (κ2) is 5.97. The van der Waals surface area contributed by atoms with Crippen LogP contribution in [0, 0.1) is 0 Å². The summed E-state index contributed by atoms with van der Waals surface area (Å²) in [6.07, 6.45) is 0. The Bertz CT molecular complexity index is 774. The van der Waals surface area contributed by atoms with E-state index in [9.17, 15) is 9.90 Å². The summed E-state index contributed by atoms with van der Waals surface area (Å²) in [5.74, 6) is -0.860. The van der Waals surface area contributed by atoms with Gasteiger partial charge in [0.15, 0.2) is 0 Å². The van der Waals surface area contributed by atoms with Crippen LogP contribution in [0.15, 0.2) is 71.8 Å². The second-order valence-electron chi connectivity index (χ2n) is 4.59. The first-order valence-corrected chi connectivity index (χ1v) is 7.42. The van der Waals surface area contributed by atoms with E-state index < -0.39 is 11.2 Å². The first kappa shape index (κ1) is 13.6. The molecule has 3 nitrogen and oxygen atoms in total. The number of pyridine rings is 1. The van der Waals surface area contributed by atoms with Gasteiger partial charge >= 0.3 is 5.97 Å². The van der Waals surface area contributed by atoms with Crippen LogP contribution in [-0.4, -0.2) is 16.1 Å². The van der Waals surface area contributed by atoms with E-state index in [0.29, 0.717) is 5.03 Å². The predicted molar refractivity (Wildman–Crippen MR) is 84.4 cm³/mol. The van der Waals surface area contributed by atoms with Crippen LogP contribution >= 0.6 is 11.8 Å². The Morgan fingerprint density at radius 2 is 1.67 bits per heavy atom. The molecule has 3 aromatic rings. The number of fused-ring (bicyclic) bond motifs is 1. The number of hydrogen-bond acceptors (Lipinski definition) is 3. The maximum atomic E-state index is 11.5. The normalized spacial score (nSPS) is 12.2. The van der Waals surface area contributed by atoms with Crippen molar-refractivity contribution in [2.75, 3.05) is 0 Å². The molecular formula is C17H13NO2S. The number of carboxylic acid groups (broad SMARTS) is 1. The minimum atomic E-state index is -0.860. The summed E-state index contributed by atoms with van der Waals surface area (Å²) in [7, 11) is 0. The molecule has 3 rings (SSSR count). The molecule has 21 heavy (non-hydrogen) atoms. The molecule has 1 atom stereocenters. The van der Waals surface area contributed by atoms with E-state index in [-0.39, 0.29) is 0 Å². The fraction of sp³-hybridized carbons (Fsp3) is 0.0588. The average Bonchev–Trinajstić information content (AvgIpc) is 2.53. The van der Waals surface area contributed by atoms with Gasteiger partial charge in [-0.2, -0.15) is 0 Å². The van der Waals surface area contributed by atoms with Gasteiger partial charge in [0.2, 0.25) is 0 Å². The van der Waals surface area contributed by atoms with E-state index in [2.05, 4.69) is 4.98 Å². The first-order chi connectivity index (χ1) is 10.2. The standard InChI is InChI=1S/C17H13NO2S/c19-17(20)16(13-7-2-1-3-8-13)21-15-11-10-12-6-4-5-9-14(12)18-15/h1-11,16H,(H,19,20). The molecule has 0 aliphatic carbocycles. The zero-order chi connectivity index (χ0) is 14.7. The molecule has 4 heteroatoms. The van der Waals surface area contributed by atoms with Crippen molar-refractivity contribution in [3.05, 3.63) is 72.3 Å². The molecule has 0 aliphatic rings. The van der Waals surface area contributed by atoms with Crippen LogP contribution in [0.4, 0.5) is 0 Å². The second-order valence-corrected chi connectivity index (χ2v) is 5.71. The van der Waals surface area contributed by atoms with Gasteiger partial charge in [-0.3, -0.25) is 4.79 Å². The van der Waals surface area contributed by atoms with Gasteiger partial charge in [0.05, 0.1) is 10.5 Å². The van der Waals surface area contributed by atoms with Crippen LogP contribution in [0.2, 0.25) is 0 Å². The molecule has 1 aromatic heterocycles. The van der Waals surface area contributed by atoms with Crippen molar-refractivity contribution in [3.8, 4) is 0 Å². The van der Waals surface area contributed by atoms with Crippen LogP contribution < -0.4 is 0 Å². The molecule has 0 aliphatic heterocycles. The van der Waals surface area contributed by atoms with E-state index in [1.165, 1.54) is 11.8 Å². The molecule has 1 unspecified atom stereocenters. The van der Waals surface area contributed by atoms with Crippen LogP contribution in [0.3, 0.4) is 0 Å². The van der Waals surface area contributed by atoms with Crippen molar-refractivity contribution in [3.63, 3.8) is 0 Å². The van der Waals surface area contributed by atoms with Crippen LogP contribution in [0.1, 0.15) is 10.8 Å². The number of thioether (sulfide) groups is 1. The van der Waals surface area contributed by atoms with Crippen LogP contribution in [0.25, 0.3) is 10.9 Å². The number of rotatable bonds is 4. The summed E-state index contributed by atoms with van der Waals surface area (Å²) in [6.45, 7) is 0. The quantitative estimate of drug-likeness (QED) is 0.734. The topological polar surface area (TPSA) is 50.2 Å². The number of carboxylic acids is 1. The molecule has 1 N–H and O–H groups in total. The lowest BCUT2D eigenvalue weighted by atomic mass is 10.1. The summed E-state index contributed by atoms with van der Waals surface area (Å²) in [5, 5.41) is 10.6. The van der Waals surface area contributed by atoms with Crippen molar-refractivity contribution in [1.82, 2.24) is 4.98 Å². The molecule has 0 bridgehead atoms. The van der Waals surface area contributed by atoms with Gasteiger partial charge in [-0.1, -0.05) is 66.4 Å². The van der Waals surface area contributed by atoms with Crippen molar-refractivity contribution >= 4 is 28.6 Å². The smallest absolute Gasteiger partial charge is 0.321 e. The maximum Gasteiger partial charge on any atom is 0.321 e. The third kappa shape index (κ3) is 3.06. The van der Waals surface area contributed by atoms with E-state index >= 15 is 0 Å². The number of hydrogen-bond donors (Lipinski definition) is 1. The highest BCUT2D eigenvalue weighted by Crippen LogP contribution is 2.35. The van der Waals surface area contributed by atoms with E-state index in [0.717, 1.165) is 16.5 Å². The van der Waals surface area contributed by atoms with Gasteiger partial charge < -0.3 is 5.11 Å². The van der Waals surface area contributed by atoms with Gasteiger partial charge in [-0.25, -0.2) is 4.98 Å². The summed E-state index contributed by atoms with van der Waals surface area (Å²) in [5.41, 5.74) is 1.64. The Labute approximate surface area is 126 Å². The molecule has 0 fully saturated rings. The van der Waals surface area contributed by atoms with E-state index in [4.69, 9.17) is 0 Å². The number of nitrogens with zero attached hydrogens (tertiary/aromatic N) is 1. The monoisotopic (exact) mass is 295 g/mol. The molecule has 0 spiro atoms. The Hall–Kier alpha value is -2.33. The molecule has 2 aromatic carbocycles. The average molecular weight is 295 g/mol. The minimum absolute atomic E-state index is 0.653. The SMILES string of the molecule is O=C(O)C(Sc1ccc2ccccc2n1)c1ccccc1. The third-order valence-corrected chi connectivity index (χ3v) is 4.32. The zero-order valence-electron chi connectivity index (χ0n) is 11.1. The highest BCUT2D eigenvalue weighted by atomic mass is 32.2. The van der Waals surface area contributed by atoms with Crippen molar-refractivity contribution in [2.24, 2.45) is 0 Å². The maximum absolute atomic E-state index is 11.5. The Kier molecular flexibility index (Phi) is 3.88. The highest BCUT2D eigenvalue weighted by Gasteiger charge is 2.21. The number of para-hydroxylation sites is 1. The molecule has 0 amide bonds. The summed E-state index contributed by atoms with van der Waals surface area (Å²) in [6, 6.07) is 20.9. The largest absolute Gasteiger partial charge is 0.480 e. The molecular weight excluding hydrogens is 282 g/mol. The number of aromatic nitrogens is 1. The van der Waals surface area contributed by atoms with Gasteiger partial charge in [0, 0.05) is 5.39 Å². The first-order valence-electron chi connectivity index (χ1n) is 6.54. The lowest BCUT2D eigenvalue weighted by Crippen LogP contribution is -2.08. The van der Waals surface area contributed by atoms with E-state index in [1.807, 2.05) is 66.7 Å². The number of aliphatic carboxylic acids is 1. The predicted octanol–water partition coefficient (Wildman–Crippen LogP) is 4.15. The molecule has 104 valence electrons. The third-order valence-electron chi connectivity index (χ3n) is 3.14. The summed E-state index contributed by atoms with van der Waals surface area (Å²) < 4.78 is 0. The van der Waals surface area contributed by atoms with Gasteiger partial charge in [0.25, 0.3) is 0 Å². The van der Waals surface area contributed by atoms with Crippen LogP contribution in [0.5, 0.6) is 0 Å². The fourth-order valence-electron chi connectivity index (χ4n) is 2.12. The van der Waals surface area contributed by atoms with Gasteiger partial charge in [-0.15, -0.1) is 0 Å². The number of benzene rings is 2. The van der Waals surface area contributed by atoms with E-state index in [1.54, 1.807) is 0 Å². The van der Waals surface area contributed by atoms with Crippen LogP contribution in [-0.2, 0) is 4.79 Å². The number of carbonyl (C=O) groups is 1. The summed E-state index contributed by atoms with van der Waals surface area (Å²) in [4.78, 5) is 16.0. The molecule has 0 radical (unpaired) electrons. The van der Waals surface area contributed by atoms with Gasteiger partial charge in [0.1, 0.15) is 5.25 Å². The Balaban J connectivity index is 1.93. The lowest BCUT2D eigenvalue weighted by molar-refractivity contribution is -0.136. The van der Waals surface area contributed by atoms with Crippen molar-refractivity contribution in [1.29, 1.82) is 0 Å². The van der Waals surface area contributed by atoms with Crippen molar-refractivity contribution < 1.29 is 9.90 Å². The lowest BCUT2D eigenvalue weighted by Gasteiger charge is -2.12. The van der Waals surface area contributed by atoms with Gasteiger partial charge in [-0.05, 0) is 17.7 Å². The highest BCUT2D eigenvalue weighted by molar-refractivity contribution is 8.00. The van der Waals surface area contributed by atoms with Crippen molar-refractivity contribution in [2.45, 2.75) is 10.3 Å². The minimum Gasteiger partial charge on any atom is -0.480 e.